The van der Waals surface area contributed by atoms with E-state index in [4.69, 9.17) is 0 Å². The normalized spacial score (nSPS) is 10.7. The lowest BCUT2D eigenvalue weighted by Gasteiger charge is -2.16. The molecule has 3 aromatic rings. The number of benzene rings is 2. The summed E-state index contributed by atoms with van der Waals surface area (Å²) in [6.07, 6.45) is 3.63. The third kappa shape index (κ3) is 4.49. The molecule has 0 aliphatic heterocycles. The van der Waals surface area contributed by atoms with Gasteiger partial charge in [0, 0.05) is 18.5 Å². The summed E-state index contributed by atoms with van der Waals surface area (Å²) in [6.45, 7) is 0.929. The average Bonchev–Trinajstić information content (AvgIpc) is 3.11. The maximum absolute atomic E-state index is 13.0. The van der Waals surface area contributed by atoms with Crippen LogP contribution < -0.4 is 0 Å². The summed E-state index contributed by atoms with van der Waals surface area (Å²) in [7, 11) is 1.74. The first-order valence-electron chi connectivity index (χ1n) is 8.08. The monoisotopic (exact) mass is 370 g/mol. The molecule has 3 rings (SSSR count). The molecule has 0 N–H and O–H groups in total. The molecule has 0 saturated heterocycles. The lowest BCUT2D eigenvalue weighted by molar-refractivity contribution is 0.0779. The zero-order valence-electron chi connectivity index (χ0n) is 14.6. The smallest absolute Gasteiger partial charge is 0.276 e. The zero-order valence-corrected chi connectivity index (χ0v) is 15.4. The van der Waals surface area contributed by atoms with E-state index < -0.39 is 0 Å². The maximum Gasteiger partial charge on any atom is 0.276 e. The fraction of sp³-hybridized carbons (Fsp3) is 0.211. The van der Waals surface area contributed by atoms with Crippen molar-refractivity contribution in [3.05, 3.63) is 77.4 Å². The molecule has 0 radical (unpaired) electrons. The van der Waals surface area contributed by atoms with Crippen molar-refractivity contribution in [3.8, 4) is 0 Å². The highest BCUT2D eigenvalue weighted by molar-refractivity contribution is 7.98. The Morgan fingerprint density at radius 1 is 1.19 bits per heavy atom. The van der Waals surface area contributed by atoms with E-state index in [0.717, 1.165) is 16.0 Å². The molecule has 1 aromatic heterocycles. The van der Waals surface area contributed by atoms with Gasteiger partial charge in [-0.15, -0.1) is 16.9 Å². The van der Waals surface area contributed by atoms with E-state index in [-0.39, 0.29) is 17.4 Å². The Hall–Kier alpha value is -2.67. The van der Waals surface area contributed by atoms with E-state index in [0.29, 0.717) is 13.1 Å². The van der Waals surface area contributed by atoms with Crippen molar-refractivity contribution in [1.82, 2.24) is 19.9 Å². The van der Waals surface area contributed by atoms with E-state index in [1.165, 1.54) is 12.1 Å². The minimum atomic E-state index is -0.282. The largest absolute Gasteiger partial charge is 0.336 e. The van der Waals surface area contributed by atoms with Crippen LogP contribution in [0.15, 0.2) is 59.6 Å². The van der Waals surface area contributed by atoms with Crippen molar-refractivity contribution in [2.24, 2.45) is 0 Å². The second kappa shape index (κ2) is 8.14. The third-order valence-electron chi connectivity index (χ3n) is 3.92. The number of hydrogen-bond acceptors (Lipinski definition) is 4. The Balaban J connectivity index is 1.65. The van der Waals surface area contributed by atoms with Crippen LogP contribution in [0.5, 0.6) is 0 Å². The summed E-state index contributed by atoms with van der Waals surface area (Å²) in [6, 6.07) is 14.3. The number of nitrogens with zero attached hydrogens (tertiary/aromatic N) is 4. The number of rotatable bonds is 6. The molecule has 0 bridgehead atoms. The van der Waals surface area contributed by atoms with Crippen LogP contribution in [0.1, 0.15) is 21.6 Å². The fourth-order valence-corrected chi connectivity index (χ4v) is 3.05. The van der Waals surface area contributed by atoms with Crippen LogP contribution in [0.25, 0.3) is 0 Å². The minimum Gasteiger partial charge on any atom is -0.336 e. The van der Waals surface area contributed by atoms with Crippen LogP contribution >= 0.6 is 11.8 Å². The molecule has 0 fully saturated rings. The molecule has 0 spiro atoms. The number of carbonyl (C=O) groups is 1. The number of amides is 1. The summed E-state index contributed by atoms with van der Waals surface area (Å²) in [4.78, 5) is 15.3. The van der Waals surface area contributed by atoms with Gasteiger partial charge in [0.05, 0.1) is 12.7 Å². The first-order chi connectivity index (χ1) is 12.5. The molecule has 134 valence electrons. The van der Waals surface area contributed by atoms with Crippen LogP contribution in [-0.4, -0.2) is 39.1 Å². The van der Waals surface area contributed by atoms with Gasteiger partial charge in [-0.25, -0.2) is 9.07 Å². The van der Waals surface area contributed by atoms with E-state index in [2.05, 4.69) is 16.4 Å². The van der Waals surface area contributed by atoms with Gasteiger partial charge >= 0.3 is 0 Å². The van der Waals surface area contributed by atoms with Gasteiger partial charge in [0.1, 0.15) is 5.82 Å². The third-order valence-corrected chi connectivity index (χ3v) is 4.64. The summed E-state index contributed by atoms with van der Waals surface area (Å²) < 4.78 is 14.5. The van der Waals surface area contributed by atoms with Gasteiger partial charge in [-0.3, -0.25) is 4.79 Å². The summed E-state index contributed by atoms with van der Waals surface area (Å²) in [5.41, 5.74) is 2.24. The van der Waals surface area contributed by atoms with Gasteiger partial charge < -0.3 is 4.90 Å². The zero-order chi connectivity index (χ0) is 18.5. The molecule has 0 aliphatic carbocycles. The van der Waals surface area contributed by atoms with E-state index in [9.17, 15) is 9.18 Å². The van der Waals surface area contributed by atoms with Gasteiger partial charge in [-0.2, -0.15) is 0 Å². The molecule has 26 heavy (non-hydrogen) atoms. The average molecular weight is 370 g/mol. The molecule has 0 aliphatic rings. The first-order valence-corrected chi connectivity index (χ1v) is 9.30. The van der Waals surface area contributed by atoms with Crippen molar-refractivity contribution < 1.29 is 9.18 Å². The second-order valence-corrected chi connectivity index (χ2v) is 6.82. The lowest BCUT2D eigenvalue weighted by atomic mass is 10.2. The topological polar surface area (TPSA) is 51.0 Å². The highest BCUT2D eigenvalue weighted by atomic mass is 32.2. The number of aromatic nitrogens is 3. The SMILES string of the molecule is CSc1cccc(CN(C)C(=O)c2cn(Cc3ccc(F)cc3)nn2)c1. The molecular weight excluding hydrogens is 351 g/mol. The van der Waals surface area contributed by atoms with Crippen LogP contribution in [0, 0.1) is 5.82 Å². The number of hydrogen-bond donors (Lipinski definition) is 0. The van der Waals surface area contributed by atoms with E-state index in [1.54, 1.807) is 46.7 Å². The Bertz CT molecular complexity index is 895. The van der Waals surface area contributed by atoms with E-state index in [1.807, 2.05) is 24.5 Å². The van der Waals surface area contributed by atoms with Crippen LogP contribution in [0.3, 0.4) is 0 Å². The quantitative estimate of drug-likeness (QED) is 0.624. The maximum atomic E-state index is 13.0. The van der Waals surface area contributed by atoms with Gasteiger partial charge in [-0.05, 0) is 41.6 Å². The molecule has 0 saturated carbocycles. The standard InChI is InChI=1S/C19H19FN4OS/c1-23(11-15-4-3-5-17(10-15)26-2)19(25)18-13-24(22-21-18)12-14-6-8-16(20)9-7-14/h3-10,13H,11-12H2,1-2H3. The molecule has 2 aromatic carbocycles. The number of halogens is 1. The predicted octanol–water partition coefficient (Wildman–Crippen LogP) is 3.46. The van der Waals surface area contributed by atoms with Crippen LogP contribution in [-0.2, 0) is 13.1 Å². The van der Waals surface area contributed by atoms with Gasteiger partial charge in [0.25, 0.3) is 5.91 Å². The first kappa shape index (κ1) is 18.1. The van der Waals surface area contributed by atoms with Crippen molar-refractivity contribution in [3.63, 3.8) is 0 Å². The summed E-state index contributed by atoms with van der Waals surface area (Å²) in [5.74, 6) is -0.472. The Labute approximate surface area is 155 Å². The van der Waals surface area contributed by atoms with Crippen molar-refractivity contribution in [2.75, 3.05) is 13.3 Å². The van der Waals surface area contributed by atoms with Crippen LogP contribution in [0.4, 0.5) is 4.39 Å². The molecule has 7 heteroatoms. The minimum absolute atomic E-state index is 0.190. The number of thioether (sulfide) groups is 1. The van der Waals surface area contributed by atoms with Gasteiger partial charge in [0.15, 0.2) is 5.69 Å². The molecule has 1 heterocycles. The Morgan fingerprint density at radius 3 is 2.69 bits per heavy atom. The highest BCUT2D eigenvalue weighted by Gasteiger charge is 2.16. The van der Waals surface area contributed by atoms with Crippen molar-refractivity contribution in [2.45, 2.75) is 18.0 Å². The van der Waals surface area contributed by atoms with Crippen LogP contribution in [0.2, 0.25) is 0 Å². The Kier molecular flexibility index (Phi) is 5.68. The molecule has 1 amide bonds. The molecule has 5 nitrogen and oxygen atoms in total. The lowest BCUT2D eigenvalue weighted by Crippen LogP contribution is -2.26. The molecule has 0 atom stereocenters. The molecular formula is C19H19FN4OS. The summed E-state index contributed by atoms with van der Waals surface area (Å²) in [5, 5.41) is 7.96. The van der Waals surface area contributed by atoms with Gasteiger partial charge in [-0.1, -0.05) is 29.5 Å². The predicted molar refractivity (Wildman–Crippen MR) is 99.5 cm³/mol. The second-order valence-electron chi connectivity index (χ2n) is 5.94. The van der Waals surface area contributed by atoms with Crippen molar-refractivity contribution in [1.29, 1.82) is 0 Å². The van der Waals surface area contributed by atoms with E-state index >= 15 is 0 Å². The van der Waals surface area contributed by atoms with Crippen molar-refractivity contribution >= 4 is 17.7 Å². The summed E-state index contributed by atoms with van der Waals surface area (Å²) >= 11 is 1.67. The number of carbonyl (C=O) groups excluding carboxylic acids is 1. The Morgan fingerprint density at radius 2 is 1.96 bits per heavy atom. The molecule has 0 unspecified atom stereocenters. The van der Waals surface area contributed by atoms with Gasteiger partial charge in [0.2, 0.25) is 0 Å². The fourth-order valence-electron chi connectivity index (χ4n) is 2.56. The highest BCUT2D eigenvalue weighted by Crippen LogP contribution is 2.17.